The minimum absolute atomic E-state index is 0. The topological polar surface area (TPSA) is 119 Å². The molecule has 0 bridgehead atoms. The fourth-order valence-electron chi connectivity index (χ4n) is 3.60. The quantitative estimate of drug-likeness (QED) is 0.325. The van der Waals surface area contributed by atoms with Crippen molar-refractivity contribution in [2.45, 2.75) is 45.0 Å². The van der Waals surface area contributed by atoms with Crippen molar-refractivity contribution < 1.29 is 32.5 Å². The number of quaternary nitrogens is 1. The lowest BCUT2D eigenvalue weighted by Crippen LogP contribution is -3.00. The number of phenols is 1. The molecular formula is C20H28BrN5O4. The molecule has 3 rings (SSSR count). The lowest BCUT2D eigenvalue weighted by atomic mass is 10.0. The lowest BCUT2D eigenvalue weighted by Gasteiger charge is -2.22. The SMILES string of the molecule is CC(CCn1cnc2c1c(=O)n(C)c(=O)n2C)[NH2+]C(C)C(O)c1ccc(O)cc1.[Br-]. The van der Waals surface area contributed by atoms with Gasteiger partial charge in [0, 0.05) is 27.1 Å². The van der Waals surface area contributed by atoms with Gasteiger partial charge >= 0.3 is 5.69 Å². The molecule has 0 spiro atoms. The average Bonchev–Trinajstić information content (AvgIpc) is 3.13. The van der Waals surface area contributed by atoms with Crippen LogP contribution in [0, 0.1) is 0 Å². The predicted octanol–water partition coefficient (Wildman–Crippen LogP) is -3.39. The summed E-state index contributed by atoms with van der Waals surface area (Å²) in [7, 11) is 3.06. The summed E-state index contributed by atoms with van der Waals surface area (Å²) in [6.45, 7) is 4.59. The Morgan fingerprint density at radius 1 is 1.10 bits per heavy atom. The van der Waals surface area contributed by atoms with Gasteiger partial charge in [-0.3, -0.25) is 13.9 Å². The fraction of sp³-hybridized carbons (Fsp3) is 0.450. The molecule has 10 heteroatoms. The highest BCUT2D eigenvalue weighted by Gasteiger charge is 2.22. The van der Waals surface area contributed by atoms with E-state index < -0.39 is 11.8 Å². The third kappa shape index (κ3) is 4.66. The third-order valence-electron chi connectivity index (χ3n) is 5.41. The Labute approximate surface area is 184 Å². The van der Waals surface area contributed by atoms with E-state index in [4.69, 9.17) is 0 Å². The number of aromatic hydroxyl groups is 1. The number of hydrogen-bond donors (Lipinski definition) is 3. The van der Waals surface area contributed by atoms with Crippen LogP contribution in [0.5, 0.6) is 5.75 Å². The summed E-state index contributed by atoms with van der Waals surface area (Å²) in [6.07, 6.45) is 1.69. The van der Waals surface area contributed by atoms with E-state index in [-0.39, 0.29) is 40.4 Å². The van der Waals surface area contributed by atoms with Crippen LogP contribution in [0.2, 0.25) is 0 Å². The van der Waals surface area contributed by atoms with Crippen molar-refractivity contribution >= 4 is 11.2 Å². The number of phenolic OH excluding ortho intramolecular Hbond substituents is 1. The summed E-state index contributed by atoms with van der Waals surface area (Å²) in [5, 5.41) is 22.0. The van der Waals surface area contributed by atoms with Crippen LogP contribution < -0.4 is 33.5 Å². The normalized spacial score (nSPS) is 14.3. The molecule has 3 aromatic rings. The van der Waals surface area contributed by atoms with Crippen LogP contribution in [0.25, 0.3) is 11.2 Å². The molecule has 1 aromatic carbocycles. The fourth-order valence-corrected chi connectivity index (χ4v) is 3.60. The van der Waals surface area contributed by atoms with Gasteiger partial charge in [-0.2, -0.15) is 0 Å². The number of fused-ring (bicyclic) bond motifs is 1. The van der Waals surface area contributed by atoms with Gasteiger partial charge in [0.25, 0.3) is 5.56 Å². The zero-order valence-corrected chi connectivity index (χ0v) is 19.1. The van der Waals surface area contributed by atoms with Gasteiger partial charge in [-0.05, 0) is 31.5 Å². The van der Waals surface area contributed by atoms with Crippen molar-refractivity contribution in [2.75, 3.05) is 0 Å². The Kier molecular flexibility index (Phi) is 7.62. The van der Waals surface area contributed by atoms with Gasteiger partial charge in [0.05, 0.1) is 12.4 Å². The average molecular weight is 482 g/mol. The minimum atomic E-state index is -0.658. The second-order valence-corrected chi connectivity index (χ2v) is 7.67. The van der Waals surface area contributed by atoms with Crippen molar-refractivity contribution in [3.05, 3.63) is 57.0 Å². The molecule has 2 heterocycles. The van der Waals surface area contributed by atoms with Crippen LogP contribution in [0.1, 0.15) is 31.9 Å². The van der Waals surface area contributed by atoms with E-state index in [0.29, 0.717) is 17.7 Å². The number of aliphatic hydroxyl groups is 1. The van der Waals surface area contributed by atoms with Crippen LogP contribution >= 0.6 is 0 Å². The molecule has 3 atom stereocenters. The molecule has 2 aromatic heterocycles. The molecule has 0 aliphatic heterocycles. The van der Waals surface area contributed by atoms with Crippen LogP contribution in [-0.4, -0.2) is 41.0 Å². The second kappa shape index (κ2) is 9.59. The van der Waals surface area contributed by atoms with E-state index in [1.54, 1.807) is 42.2 Å². The first-order chi connectivity index (χ1) is 13.7. The molecule has 0 aliphatic carbocycles. The van der Waals surface area contributed by atoms with Crippen molar-refractivity contribution in [1.29, 1.82) is 0 Å². The van der Waals surface area contributed by atoms with Crippen LogP contribution in [-0.2, 0) is 20.6 Å². The zero-order valence-electron chi connectivity index (χ0n) is 17.5. The van der Waals surface area contributed by atoms with Gasteiger partial charge in [-0.15, -0.1) is 0 Å². The monoisotopic (exact) mass is 481 g/mol. The molecule has 0 fully saturated rings. The summed E-state index contributed by atoms with van der Waals surface area (Å²) in [5.41, 5.74) is 0.799. The number of aliphatic hydroxyl groups excluding tert-OH is 1. The van der Waals surface area contributed by atoms with E-state index in [2.05, 4.69) is 17.2 Å². The first-order valence-electron chi connectivity index (χ1n) is 9.63. The molecule has 3 unspecified atom stereocenters. The molecule has 0 aliphatic rings. The van der Waals surface area contributed by atoms with Crippen molar-refractivity contribution in [1.82, 2.24) is 18.7 Å². The van der Waals surface area contributed by atoms with Gasteiger partial charge in [-0.25, -0.2) is 9.78 Å². The van der Waals surface area contributed by atoms with Crippen molar-refractivity contribution in [2.24, 2.45) is 14.1 Å². The second-order valence-electron chi connectivity index (χ2n) is 7.67. The number of hydrogen-bond acceptors (Lipinski definition) is 5. The van der Waals surface area contributed by atoms with Crippen molar-refractivity contribution in [3.63, 3.8) is 0 Å². The first kappa shape index (κ1) is 23.8. The summed E-state index contributed by atoms with van der Waals surface area (Å²) in [4.78, 5) is 28.8. The highest BCUT2D eigenvalue weighted by Crippen LogP contribution is 2.18. The Morgan fingerprint density at radius 2 is 1.73 bits per heavy atom. The molecule has 4 N–H and O–H groups in total. The van der Waals surface area contributed by atoms with E-state index in [0.717, 1.165) is 16.6 Å². The van der Waals surface area contributed by atoms with Crippen LogP contribution in [0.4, 0.5) is 0 Å². The van der Waals surface area contributed by atoms with Gasteiger partial charge < -0.3 is 37.1 Å². The Morgan fingerprint density at radius 3 is 2.37 bits per heavy atom. The largest absolute Gasteiger partial charge is 1.00 e. The van der Waals surface area contributed by atoms with Crippen molar-refractivity contribution in [3.8, 4) is 5.75 Å². The van der Waals surface area contributed by atoms with Crippen LogP contribution in [0.15, 0.2) is 40.2 Å². The standard InChI is InChI=1S/C20H27N5O4.BrH/c1-12(22-13(2)17(27)14-5-7-15(26)8-6-14)9-10-25-11-21-18-16(25)19(28)24(4)20(29)23(18)3;/h5-8,11-13,17,22,26-27H,9-10H2,1-4H3;1H. The number of nitrogens with zero attached hydrogens (tertiary/aromatic N) is 4. The lowest BCUT2D eigenvalue weighted by molar-refractivity contribution is -0.723. The number of benzene rings is 1. The summed E-state index contributed by atoms with van der Waals surface area (Å²) in [5.74, 6) is 0.169. The molecule has 0 saturated heterocycles. The van der Waals surface area contributed by atoms with Gasteiger partial charge in [0.1, 0.15) is 17.9 Å². The summed E-state index contributed by atoms with van der Waals surface area (Å²) >= 11 is 0. The maximum atomic E-state index is 12.5. The molecule has 0 amide bonds. The Bertz CT molecular complexity index is 1120. The molecule has 0 radical (unpaired) electrons. The number of imidazole rings is 1. The number of aryl methyl sites for hydroxylation is 2. The third-order valence-corrected chi connectivity index (χ3v) is 5.41. The van der Waals surface area contributed by atoms with Gasteiger partial charge in [0.15, 0.2) is 11.2 Å². The smallest absolute Gasteiger partial charge is 0.332 e. The summed E-state index contributed by atoms with van der Waals surface area (Å²) < 4.78 is 4.24. The highest BCUT2D eigenvalue weighted by molar-refractivity contribution is 5.69. The van der Waals surface area contributed by atoms with E-state index in [1.807, 2.05) is 6.92 Å². The number of halogens is 1. The number of aromatic nitrogens is 4. The summed E-state index contributed by atoms with van der Waals surface area (Å²) in [6, 6.07) is 6.66. The molecule has 30 heavy (non-hydrogen) atoms. The van der Waals surface area contributed by atoms with E-state index >= 15 is 0 Å². The molecule has 164 valence electrons. The Balaban J connectivity index is 0.00000320. The van der Waals surface area contributed by atoms with Crippen LogP contribution in [0.3, 0.4) is 0 Å². The Hall–Kier alpha value is -2.43. The molecule has 9 nitrogen and oxygen atoms in total. The number of nitrogens with two attached hydrogens (primary N) is 1. The van der Waals surface area contributed by atoms with E-state index in [1.165, 1.54) is 11.6 Å². The van der Waals surface area contributed by atoms with Gasteiger partial charge in [-0.1, -0.05) is 12.1 Å². The highest BCUT2D eigenvalue weighted by atomic mass is 79.9. The molecular weight excluding hydrogens is 454 g/mol. The maximum absolute atomic E-state index is 12.5. The minimum Gasteiger partial charge on any atom is -1.00 e. The first-order valence-corrected chi connectivity index (χ1v) is 9.63. The maximum Gasteiger partial charge on any atom is 0.332 e. The number of rotatable bonds is 7. The zero-order chi connectivity index (χ0) is 21.3. The van der Waals surface area contributed by atoms with E-state index in [9.17, 15) is 19.8 Å². The predicted molar refractivity (Wildman–Crippen MR) is 109 cm³/mol. The molecule has 0 saturated carbocycles. The van der Waals surface area contributed by atoms with Gasteiger partial charge in [0.2, 0.25) is 0 Å².